The molecular weight excluding hydrogens is 772 g/mol. The fourth-order valence-corrected chi connectivity index (χ4v) is 6.69. The number of aromatic carboxylic acids is 2. The van der Waals surface area contributed by atoms with Crippen LogP contribution < -0.4 is 10.9 Å². The average molecular weight is 794 g/mol. The zero-order chi connectivity index (χ0) is 38.9. The molecule has 0 saturated heterocycles. The first-order chi connectivity index (χ1) is 25.5. The second-order valence-corrected chi connectivity index (χ2v) is 14.0. The van der Waals surface area contributed by atoms with E-state index in [2.05, 4.69) is 31.0 Å². The first-order valence-electron chi connectivity index (χ1n) is 15.0. The molecule has 0 saturated carbocycles. The minimum Gasteiger partial charge on any atom is -0.478 e. The number of carboxylic acids is 2. The molecule has 0 amide bonds. The number of aromatic nitrogens is 2. The number of benzene rings is 2. The third-order valence-corrected chi connectivity index (χ3v) is 9.54. The molecule has 0 unspecified atom stereocenters. The number of hydrazone groups is 2. The Hall–Kier alpha value is -6.00. The number of carbonyl (C=O) groups is 4. The minimum absolute atomic E-state index is 0. The van der Waals surface area contributed by atoms with E-state index in [0.717, 1.165) is 24.3 Å². The molecule has 0 spiro atoms. The quantitative estimate of drug-likeness (QED) is 0.0580. The molecule has 1 radical (unpaired) electrons. The second-order valence-electron chi connectivity index (χ2n) is 11.2. The molecule has 21 heteroatoms. The van der Waals surface area contributed by atoms with Crippen molar-refractivity contribution < 1.29 is 55.3 Å². The molecule has 6 N–H and O–H groups in total. The fourth-order valence-electron chi connectivity index (χ4n) is 5.28. The number of hydrogen-bond donors (Lipinski definition) is 6. The van der Waals surface area contributed by atoms with E-state index in [9.17, 15) is 55.3 Å². The Kier molecular flexibility index (Phi) is 11.5. The van der Waals surface area contributed by atoms with Gasteiger partial charge in [-0.1, -0.05) is 24.3 Å². The van der Waals surface area contributed by atoms with Gasteiger partial charge in [0.15, 0.2) is 0 Å². The summed E-state index contributed by atoms with van der Waals surface area (Å²) in [7, 11) is -9.56. The number of allylic oxidation sites excluding steroid dienone is 2. The third-order valence-electron chi connectivity index (χ3n) is 7.75. The van der Waals surface area contributed by atoms with E-state index >= 15 is 0 Å². The second kappa shape index (κ2) is 15.8. The van der Waals surface area contributed by atoms with Crippen LogP contribution in [0.25, 0.3) is 22.0 Å². The smallest absolute Gasteiger partial charge is 0.336 e. The molecular formula is C34H22N6NaO12S2. The van der Waals surface area contributed by atoms with Crippen molar-refractivity contribution >= 4 is 118 Å². The van der Waals surface area contributed by atoms with E-state index in [4.69, 9.17) is 0 Å². The number of carboxylic acid groups (broad SMARTS) is 2. The third kappa shape index (κ3) is 8.55. The maximum atomic E-state index is 12.9. The number of ketones is 2. The standard InChI is InChI=1S/C34H22N6O12S2.Na/c41-31-25(15-27(53(47,48)49)21-3-1-11-35-29(21)31)39-37-19-9-7-17(23(13-19)33(43)44)5-6-18-8-10-20(14-24(18)34(45)46)38-40-26-16-28(54(50,51)52)22-4-2-12-36-30(22)32(26)42;/h1-16,37-38H,(H,43,44)(H,45,46)(H,47,48,49)(H,50,51,52);/b6-5+,39-25+,40-26+;. The molecule has 0 aliphatic heterocycles. The Labute approximate surface area is 332 Å². The van der Waals surface area contributed by atoms with Gasteiger partial charge in [0.05, 0.1) is 22.5 Å². The zero-order valence-electron chi connectivity index (χ0n) is 27.9. The number of nitrogens with zero attached hydrogens (tertiary/aromatic N) is 4. The summed E-state index contributed by atoms with van der Waals surface area (Å²) in [6.07, 6.45) is 6.86. The first-order valence-corrected chi connectivity index (χ1v) is 17.9. The van der Waals surface area contributed by atoms with Gasteiger partial charge >= 0.3 is 11.9 Å². The van der Waals surface area contributed by atoms with Gasteiger partial charge in [0.1, 0.15) is 32.6 Å². The molecule has 0 fully saturated rings. The van der Waals surface area contributed by atoms with Gasteiger partial charge in [-0.2, -0.15) is 27.0 Å². The summed E-state index contributed by atoms with van der Waals surface area (Å²) in [5, 5.41) is 27.6. The number of nitrogens with one attached hydrogen (secondary N) is 2. The Morgan fingerprint density at radius 2 is 1.02 bits per heavy atom. The van der Waals surface area contributed by atoms with Gasteiger partial charge < -0.3 is 10.2 Å². The number of anilines is 2. The van der Waals surface area contributed by atoms with Gasteiger partial charge in [-0.05, 0) is 71.8 Å². The average Bonchev–Trinajstić information content (AvgIpc) is 3.12. The molecule has 4 aromatic rings. The Morgan fingerprint density at radius 3 is 1.36 bits per heavy atom. The van der Waals surface area contributed by atoms with Crippen LogP contribution in [0.15, 0.2) is 95.4 Å². The molecule has 55 heavy (non-hydrogen) atoms. The zero-order valence-corrected chi connectivity index (χ0v) is 31.5. The van der Waals surface area contributed by atoms with Gasteiger partial charge in [0.2, 0.25) is 11.6 Å². The molecule has 0 bridgehead atoms. The monoisotopic (exact) mass is 793 g/mol. The number of pyridine rings is 2. The van der Waals surface area contributed by atoms with Gasteiger partial charge in [0.25, 0.3) is 20.2 Å². The SMILES string of the molecule is O=C(O)c1cc(N/N=C2\C=C(S(=O)(=O)O)c3cccnc3C2=O)ccc1/C=C/c1ccc(N/N=C2\C=C(S(=O)(=O)O)c3cccnc3C2=O)cc1C(=O)O.[Na]. The van der Waals surface area contributed by atoms with Crippen molar-refractivity contribution in [2.75, 3.05) is 10.9 Å². The molecule has 2 aromatic heterocycles. The van der Waals surface area contributed by atoms with Crippen LogP contribution in [0.3, 0.4) is 0 Å². The Balaban J connectivity index is 0.00000580. The minimum atomic E-state index is -4.78. The molecule has 18 nitrogen and oxygen atoms in total. The van der Waals surface area contributed by atoms with Crippen molar-refractivity contribution in [3.05, 3.63) is 130 Å². The summed E-state index contributed by atoms with van der Waals surface area (Å²) in [5.74, 6) is -4.30. The fraction of sp³-hybridized carbons (Fsp3) is 0. The van der Waals surface area contributed by atoms with E-state index in [1.165, 1.54) is 73.1 Å². The van der Waals surface area contributed by atoms with Crippen LogP contribution in [-0.2, 0) is 20.2 Å². The predicted molar refractivity (Wildman–Crippen MR) is 200 cm³/mol. The van der Waals surface area contributed by atoms with Crippen molar-refractivity contribution in [3.63, 3.8) is 0 Å². The normalized spacial score (nSPS) is 15.5. The van der Waals surface area contributed by atoms with Gasteiger partial charge in [-0.25, -0.2) is 9.59 Å². The summed E-state index contributed by atoms with van der Waals surface area (Å²) in [4.78, 5) is 56.7. The molecule has 273 valence electrons. The summed E-state index contributed by atoms with van der Waals surface area (Å²) < 4.78 is 67.2. The summed E-state index contributed by atoms with van der Waals surface area (Å²) in [6, 6.07) is 13.1. The summed E-state index contributed by atoms with van der Waals surface area (Å²) >= 11 is 0. The molecule has 2 aromatic carbocycles. The topological polar surface area (TPSA) is 292 Å². The van der Waals surface area contributed by atoms with Crippen LogP contribution in [-0.4, -0.2) is 111 Å². The maximum Gasteiger partial charge on any atom is 0.336 e. The van der Waals surface area contributed by atoms with E-state index < -0.39 is 65.0 Å². The summed E-state index contributed by atoms with van der Waals surface area (Å²) in [6.45, 7) is 0. The Bertz CT molecular complexity index is 2540. The van der Waals surface area contributed by atoms with Gasteiger partial charge in [-0.3, -0.25) is 39.5 Å². The van der Waals surface area contributed by atoms with Crippen LogP contribution in [0.4, 0.5) is 11.4 Å². The van der Waals surface area contributed by atoms with Gasteiger partial charge in [0, 0.05) is 53.1 Å². The van der Waals surface area contributed by atoms with Crippen molar-refractivity contribution in [2.45, 2.75) is 0 Å². The van der Waals surface area contributed by atoms with Crippen molar-refractivity contribution in [1.29, 1.82) is 0 Å². The number of Topliss-reactive ketones (excluding diaryl/α,β-unsaturated/α-hetero) is 2. The van der Waals surface area contributed by atoms with Crippen LogP contribution in [0.5, 0.6) is 0 Å². The van der Waals surface area contributed by atoms with Crippen LogP contribution in [0.2, 0.25) is 0 Å². The summed E-state index contributed by atoms with van der Waals surface area (Å²) in [5.41, 5.74) is 3.16. The number of hydrogen-bond acceptors (Lipinski definition) is 14. The maximum absolute atomic E-state index is 12.9. The van der Waals surface area contributed by atoms with Gasteiger partial charge in [-0.15, -0.1) is 0 Å². The van der Waals surface area contributed by atoms with E-state index in [0.29, 0.717) is 0 Å². The van der Waals surface area contributed by atoms with Crippen LogP contribution in [0, 0.1) is 0 Å². The molecule has 2 heterocycles. The molecule has 2 aliphatic rings. The number of fused-ring (bicyclic) bond motifs is 2. The van der Waals surface area contributed by atoms with Crippen molar-refractivity contribution in [3.8, 4) is 0 Å². The first kappa shape index (κ1) is 40.2. The largest absolute Gasteiger partial charge is 0.478 e. The Morgan fingerprint density at radius 1 is 0.636 bits per heavy atom. The molecule has 6 rings (SSSR count). The number of rotatable bonds is 10. The van der Waals surface area contributed by atoms with Crippen molar-refractivity contribution in [1.82, 2.24) is 9.97 Å². The predicted octanol–water partition coefficient (Wildman–Crippen LogP) is 3.45. The van der Waals surface area contributed by atoms with Crippen LogP contribution >= 0.6 is 0 Å². The van der Waals surface area contributed by atoms with E-state index in [-0.39, 0.29) is 85.7 Å². The van der Waals surface area contributed by atoms with Crippen molar-refractivity contribution in [2.24, 2.45) is 10.2 Å². The molecule has 2 aliphatic carbocycles. The molecule has 0 atom stereocenters. The number of carbonyl (C=O) groups excluding carboxylic acids is 2. The van der Waals surface area contributed by atoms with E-state index in [1.807, 2.05) is 0 Å². The van der Waals surface area contributed by atoms with E-state index in [1.54, 1.807) is 0 Å². The van der Waals surface area contributed by atoms with Crippen LogP contribution in [0.1, 0.15) is 63.9 Å².